The largest absolute Gasteiger partial charge is 0.371 e. The van der Waals surface area contributed by atoms with E-state index in [1.54, 1.807) is 0 Å². The highest BCUT2D eigenvalue weighted by Crippen LogP contribution is 2.34. The van der Waals surface area contributed by atoms with Gasteiger partial charge in [-0.15, -0.1) is 0 Å². The zero-order chi connectivity index (χ0) is 14.4. The molecule has 19 heavy (non-hydrogen) atoms. The van der Waals surface area contributed by atoms with Gasteiger partial charge in [-0.05, 0) is 37.3 Å². The molecule has 0 aliphatic carbocycles. The second-order valence-electron chi connectivity index (χ2n) is 5.58. The Morgan fingerprint density at radius 1 is 1.00 bits per heavy atom. The smallest absolute Gasteiger partial charge is 0.0351 e. The van der Waals surface area contributed by atoms with E-state index in [4.69, 9.17) is 0 Å². The van der Waals surface area contributed by atoms with Crippen LogP contribution in [0.5, 0.6) is 0 Å². The van der Waals surface area contributed by atoms with Gasteiger partial charge in [-0.25, -0.2) is 0 Å². The maximum Gasteiger partial charge on any atom is 0.0351 e. The highest BCUT2D eigenvalue weighted by molar-refractivity contribution is 5.67. The molecule has 1 aliphatic heterocycles. The molecule has 106 valence electrons. The number of rotatable bonds is 3. The third kappa shape index (κ3) is 3.86. The standard InChI is InChI=1S/C16H23N.C2H6/c1-12(2)16-10-15(11-17(16)13(3)4)14-8-6-5-7-9-14;1-2/h5-9,11-13,16H,10H2,1-4H3;1-2H3/t16-;/m0./s1. The summed E-state index contributed by atoms with van der Waals surface area (Å²) in [7, 11) is 0. The minimum Gasteiger partial charge on any atom is -0.371 e. The highest BCUT2D eigenvalue weighted by atomic mass is 15.2. The summed E-state index contributed by atoms with van der Waals surface area (Å²) in [6.45, 7) is 13.2. The summed E-state index contributed by atoms with van der Waals surface area (Å²) in [6, 6.07) is 12.0. The van der Waals surface area contributed by atoms with Gasteiger partial charge in [-0.2, -0.15) is 0 Å². The van der Waals surface area contributed by atoms with Crippen LogP contribution in [-0.4, -0.2) is 17.0 Å². The Morgan fingerprint density at radius 2 is 1.58 bits per heavy atom. The van der Waals surface area contributed by atoms with Gasteiger partial charge in [0.15, 0.2) is 0 Å². The van der Waals surface area contributed by atoms with Crippen LogP contribution in [0.2, 0.25) is 0 Å². The zero-order valence-corrected chi connectivity index (χ0v) is 13.4. The van der Waals surface area contributed by atoms with Crippen LogP contribution in [0.25, 0.3) is 5.57 Å². The fourth-order valence-electron chi connectivity index (χ4n) is 2.62. The summed E-state index contributed by atoms with van der Waals surface area (Å²) >= 11 is 0. The molecule has 0 bridgehead atoms. The van der Waals surface area contributed by atoms with E-state index >= 15 is 0 Å². The zero-order valence-electron chi connectivity index (χ0n) is 13.4. The Labute approximate surface area is 119 Å². The maximum atomic E-state index is 2.52. The summed E-state index contributed by atoms with van der Waals surface area (Å²) < 4.78 is 0. The van der Waals surface area contributed by atoms with Crippen LogP contribution >= 0.6 is 0 Å². The Kier molecular flexibility index (Phi) is 6.14. The van der Waals surface area contributed by atoms with Crippen LogP contribution in [0.3, 0.4) is 0 Å². The van der Waals surface area contributed by atoms with Gasteiger partial charge in [-0.1, -0.05) is 58.0 Å². The first-order valence-corrected chi connectivity index (χ1v) is 7.63. The molecule has 1 heteroatoms. The van der Waals surface area contributed by atoms with Crippen molar-refractivity contribution < 1.29 is 0 Å². The first-order chi connectivity index (χ1) is 9.09. The van der Waals surface area contributed by atoms with E-state index in [1.807, 2.05) is 13.8 Å². The van der Waals surface area contributed by atoms with Gasteiger partial charge in [0.2, 0.25) is 0 Å². The van der Waals surface area contributed by atoms with Gasteiger partial charge < -0.3 is 4.90 Å². The third-order valence-corrected chi connectivity index (χ3v) is 3.63. The number of hydrogen-bond donors (Lipinski definition) is 0. The summed E-state index contributed by atoms with van der Waals surface area (Å²) in [6.07, 6.45) is 3.55. The van der Waals surface area contributed by atoms with E-state index in [1.165, 1.54) is 17.6 Å². The van der Waals surface area contributed by atoms with E-state index in [2.05, 4.69) is 69.1 Å². The molecule has 0 unspecified atom stereocenters. The first kappa shape index (κ1) is 15.8. The van der Waals surface area contributed by atoms with Crippen LogP contribution in [0.4, 0.5) is 0 Å². The van der Waals surface area contributed by atoms with E-state index in [-0.39, 0.29) is 0 Å². The molecule has 0 aromatic heterocycles. The van der Waals surface area contributed by atoms with Crippen molar-refractivity contribution in [3.05, 3.63) is 42.1 Å². The molecule has 1 atom stereocenters. The monoisotopic (exact) mass is 259 g/mol. The minimum absolute atomic E-state index is 0.587. The molecule has 0 saturated carbocycles. The second-order valence-corrected chi connectivity index (χ2v) is 5.58. The topological polar surface area (TPSA) is 3.24 Å². The van der Waals surface area contributed by atoms with Crippen molar-refractivity contribution in [1.29, 1.82) is 0 Å². The summed E-state index contributed by atoms with van der Waals surface area (Å²) in [5, 5.41) is 0. The van der Waals surface area contributed by atoms with Crippen LogP contribution in [0.15, 0.2) is 36.5 Å². The Morgan fingerprint density at radius 3 is 2.00 bits per heavy atom. The van der Waals surface area contributed by atoms with E-state index < -0.39 is 0 Å². The molecule has 0 fully saturated rings. The summed E-state index contributed by atoms with van der Waals surface area (Å²) in [5.41, 5.74) is 2.86. The quantitative estimate of drug-likeness (QED) is 0.722. The summed E-state index contributed by atoms with van der Waals surface area (Å²) in [5.74, 6) is 0.704. The molecule has 1 heterocycles. The molecule has 1 aliphatic rings. The molecular weight excluding hydrogens is 230 g/mol. The van der Waals surface area contributed by atoms with Gasteiger partial charge in [0, 0.05) is 18.3 Å². The lowest BCUT2D eigenvalue weighted by atomic mass is 9.95. The number of benzene rings is 1. The third-order valence-electron chi connectivity index (χ3n) is 3.63. The van der Waals surface area contributed by atoms with Gasteiger partial charge >= 0.3 is 0 Å². The Balaban J connectivity index is 0.000000861. The molecule has 0 radical (unpaired) electrons. The van der Waals surface area contributed by atoms with Crippen LogP contribution in [0.1, 0.15) is 53.5 Å². The van der Waals surface area contributed by atoms with Crippen LogP contribution in [-0.2, 0) is 0 Å². The summed E-state index contributed by atoms with van der Waals surface area (Å²) in [4.78, 5) is 2.52. The van der Waals surface area contributed by atoms with Gasteiger partial charge in [0.05, 0.1) is 0 Å². The van der Waals surface area contributed by atoms with Crippen molar-refractivity contribution in [2.45, 2.75) is 60.0 Å². The fourth-order valence-corrected chi connectivity index (χ4v) is 2.62. The van der Waals surface area contributed by atoms with Gasteiger partial charge in [0.25, 0.3) is 0 Å². The predicted octanol–water partition coefficient (Wildman–Crippen LogP) is 5.19. The fraction of sp³-hybridized carbons (Fsp3) is 0.556. The van der Waals surface area contributed by atoms with Crippen LogP contribution in [0, 0.1) is 5.92 Å². The molecular formula is C18H29N. The van der Waals surface area contributed by atoms with Crippen molar-refractivity contribution in [2.75, 3.05) is 0 Å². The van der Waals surface area contributed by atoms with Crippen molar-refractivity contribution in [3.63, 3.8) is 0 Å². The van der Waals surface area contributed by atoms with Gasteiger partial charge in [0.1, 0.15) is 0 Å². The highest BCUT2D eigenvalue weighted by Gasteiger charge is 2.28. The lowest BCUT2D eigenvalue weighted by Crippen LogP contribution is -2.36. The number of hydrogen-bond acceptors (Lipinski definition) is 1. The SMILES string of the molecule is CC.CC(C)[C@@H]1CC(c2ccccc2)=CN1C(C)C. The Bertz CT molecular complexity index is 389. The van der Waals surface area contributed by atoms with E-state index in [0.29, 0.717) is 18.0 Å². The lowest BCUT2D eigenvalue weighted by molar-refractivity contribution is 0.201. The Hall–Kier alpha value is -1.24. The molecule has 0 amide bonds. The van der Waals surface area contributed by atoms with E-state index in [0.717, 1.165) is 0 Å². The molecule has 1 aromatic rings. The average molecular weight is 259 g/mol. The van der Waals surface area contributed by atoms with Crippen LogP contribution < -0.4 is 0 Å². The van der Waals surface area contributed by atoms with Crippen molar-refractivity contribution in [3.8, 4) is 0 Å². The maximum absolute atomic E-state index is 2.52. The van der Waals surface area contributed by atoms with Crippen molar-refractivity contribution >= 4 is 5.57 Å². The first-order valence-electron chi connectivity index (χ1n) is 7.63. The molecule has 1 aromatic carbocycles. The second kappa shape index (κ2) is 7.37. The van der Waals surface area contributed by atoms with Gasteiger partial charge in [-0.3, -0.25) is 0 Å². The minimum atomic E-state index is 0.587. The normalized spacial score (nSPS) is 18.4. The molecule has 2 rings (SSSR count). The molecule has 0 saturated heterocycles. The molecule has 0 spiro atoms. The van der Waals surface area contributed by atoms with E-state index in [9.17, 15) is 0 Å². The van der Waals surface area contributed by atoms with Crippen molar-refractivity contribution in [1.82, 2.24) is 4.90 Å². The molecule has 0 N–H and O–H groups in total. The number of nitrogens with zero attached hydrogens (tertiary/aromatic N) is 1. The van der Waals surface area contributed by atoms with Crippen molar-refractivity contribution in [2.24, 2.45) is 5.92 Å². The molecule has 1 nitrogen and oxygen atoms in total. The lowest BCUT2D eigenvalue weighted by Gasteiger charge is -2.32. The predicted molar refractivity (Wildman–Crippen MR) is 86.0 cm³/mol. The average Bonchev–Trinajstić information content (AvgIpc) is 2.87.